The van der Waals surface area contributed by atoms with Crippen LogP contribution in [0.25, 0.3) is 0 Å². The number of rotatable bonds is 12. The Labute approximate surface area is 230 Å². The zero-order valence-electron chi connectivity index (χ0n) is 22.8. The third kappa shape index (κ3) is 8.13. The van der Waals surface area contributed by atoms with E-state index < -0.39 is 34.3 Å². The van der Waals surface area contributed by atoms with E-state index in [4.69, 9.17) is 0 Å². The normalized spacial score (nSPS) is 12.8. The Hall–Kier alpha value is -3.72. The van der Waals surface area contributed by atoms with Gasteiger partial charge < -0.3 is 10.2 Å². The summed E-state index contributed by atoms with van der Waals surface area (Å²) < 4.78 is 40.9. The Morgan fingerprint density at radius 3 is 2.18 bits per heavy atom. The second-order valence-electron chi connectivity index (χ2n) is 9.69. The molecule has 0 heterocycles. The van der Waals surface area contributed by atoms with Crippen molar-refractivity contribution < 1.29 is 22.4 Å². The van der Waals surface area contributed by atoms with Gasteiger partial charge in [0.2, 0.25) is 21.8 Å². The number of anilines is 1. The number of amides is 2. The van der Waals surface area contributed by atoms with Gasteiger partial charge in [-0.1, -0.05) is 73.7 Å². The van der Waals surface area contributed by atoms with Gasteiger partial charge in [0.25, 0.3) is 0 Å². The zero-order valence-corrected chi connectivity index (χ0v) is 23.6. The molecule has 0 unspecified atom stereocenters. The summed E-state index contributed by atoms with van der Waals surface area (Å²) in [5, 5.41) is 2.99. The summed E-state index contributed by atoms with van der Waals surface area (Å²) in [4.78, 5) is 29.1. The highest BCUT2D eigenvalue weighted by atomic mass is 32.2. The minimum atomic E-state index is -4.03. The summed E-state index contributed by atoms with van der Waals surface area (Å²) in [6, 6.07) is 21.2. The molecule has 0 aliphatic carbocycles. The van der Waals surface area contributed by atoms with Crippen molar-refractivity contribution in [1.82, 2.24) is 10.2 Å². The lowest BCUT2D eigenvalue weighted by atomic mass is 10.0. The SMILES string of the molecule is CC[C@H](C)NC(=O)[C@H](Cc1ccccc1)N(Cc1ccccc1C)C(=O)CN(c1ccccc1F)S(C)(=O)=O. The van der Waals surface area contributed by atoms with Crippen LogP contribution in [0.3, 0.4) is 0 Å². The Morgan fingerprint density at radius 1 is 0.949 bits per heavy atom. The molecule has 0 saturated heterocycles. The van der Waals surface area contributed by atoms with Crippen LogP contribution < -0.4 is 9.62 Å². The maximum absolute atomic E-state index is 14.7. The predicted octanol–water partition coefficient (Wildman–Crippen LogP) is 4.45. The van der Waals surface area contributed by atoms with Crippen LogP contribution in [0.1, 0.15) is 37.0 Å². The van der Waals surface area contributed by atoms with E-state index in [1.54, 1.807) is 0 Å². The van der Waals surface area contributed by atoms with E-state index in [9.17, 15) is 22.4 Å². The molecule has 0 aliphatic heterocycles. The molecule has 3 aromatic rings. The van der Waals surface area contributed by atoms with Crippen LogP contribution in [0.5, 0.6) is 0 Å². The summed E-state index contributed by atoms with van der Waals surface area (Å²) in [5.74, 6) is -1.73. The van der Waals surface area contributed by atoms with Crippen molar-refractivity contribution in [2.45, 2.75) is 52.2 Å². The van der Waals surface area contributed by atoms with Crippen molar-refractivity contribution >= 4 is 27.5 Å². The van der Waals surface area contributed by atoms with Gasteiger partial charge >= 0.3 is 0 Å². The lowest BCUT2D eigenvalue weighted by Crippen LogP contribution is -2.54. The van der Waals surface area contributed by atoms with Gasteiger partial charge in [-0.25, -0.2) is 12.8 Å². The number of hydrogen-bond donors (Lipinski definition) is 1. The molecular weight excluding hydrogens is 517 g/mol. The molecule has 3 aromatic carbocycles. The third-order valence-corrected chi connectivity index (χ3v) is 7.80. The largest absolute Gasteiger partial charge is 0.352 e. The molecule has 39 heavy (non-hydrogen) atoms. The van der Waals surface area contributed by atoms with Gasteiger partial charge in [0.1, 0.15) is 18.4 Å². The molecule has 208 valence electrons. The minimum Gasteiger partial charge on any atom is -0.352 e. The topological polar surface area (TPSA) is 86.8 Å². The molecule has 0 spiro atoms. The second kappa shape index (κ2) is 13.4. The van der Waals surface area contributed by atoms with Crippen LogP contribution in [0, 0.1) is 12.7 Å². The minimum absolute atomic E-state index is 0.0752. The quantitative estimate of drug-likeness (QED) is 0.359. The molecule has 0 radical (unpaired) electrons. The number of carbonyl (C=O) groups is 2. The Bertz CT molecular complexity index is 1380. The molecule has 7 nitrogen and oxygen atoms in total. The van der Waals surface area contributed by atoms with Crippen LogP contribution in [-0.2, 0) is 32.6 Å². The summed E-state index contributed by atoms with van der Waals surface area (Å²) in [6.45, 7) is 5.16. The average Bonchev–Trinajstić information content (AvgIpc) is 2.90. The smallest absolute Gasteiger partial charge is 0.244 e. The summed E-state index contributed by atoms with van der Waals surface area (Å²) in [6.07, 6.45) is 1.85. The van der Waals surface area contributed by atoms with Crippen molar-refractivity contribution in [2.75, 3.05) is 17.1 Å². The van der Waals surface area contributed by atoms with Crippen molar-refractivity contribution in [2.24, 2.45) is 0 Å². The summed E-state index contributed by atoms with van der Waals surface area (Å²) in [5.41, 5.74) is 2.36. The number of sulfonamides is 1. The number of carbonyl (C=O) groups excluding carboxylic acids is 2. The first kappa shape index (κ1) is 29.8. The highest BCUT2D eigenvalue weighted by molar-refractivity contribution is 7.92. The molecule has 0 aliphatic rings. The van der Waals surface area contributed by atoms with E-state index in [0.717, 1.165) is 33.3 Å². The van der Waals surface area contributed by atoms with Gasteiger partial charge in [0, 0.05) is 19.0 Å². The van der Waals surface area contributed by atoms with Gasteiger partial charge in [0.05, 0.1) is 11.9 Å². The van der Waals surface area contributed by atoms with E-state index in [1.807, 2.05) is 75.4 Å². The molecule has 0 aromatic heterocycles. The monoisotopic (exact) mass is 553 g/mol. The third-order valence-electron chi connectivity index (χ3n) is 6.67. The van der Waals surface area contributed by atoms with Crippen LogP contribution in [0.15, 0.2) is 78.9 Å². The number of benzene rings is 3. The standard InChI is InChI=1S/C30H36FN3O4S/c1-5-23(3)32-30(36)28(19-24-14-7-6-8-15-24)33(20-25-16-10-9-13-22(25)2)29(35)21-34(39(4,37)38)27-18-12-11-17-26(27)31/h6-18,23,28H,5,19-21H2,1-4H3,(H,32,36)/t23-,28-/m0/s1. The van der Waals surface area contributed by atoms with Crippen LogP contribution >= 0.6 is 0 Å². The van der Waals surface area contributed by atoms with E-state index in [1.165, 1.54) is 23.1 Å². The highest BCUT2D eigenvalue weighted by Gasteiger charge is 2.34. The number of nitrogens with one attached hydrogen (secondary N) is 1. The Morgan fingerprint density at radius 2 is 1.56 bits per heavy atom. The molecule has 1 N–H and O–H groups in total. The molecule has 2 amide bonds. The molecule has 0 saturated carbocycles. The lowest BCUT2D eigenvalue weighted by molar-refractivity contribution is -0.140. The fourth-order valence-corrected chi connectivity index (χ4v) is 5.07. The number of nitrogens with zero attached hydrogens (tertiary/aromatic N) is 2. The van der Waals surface area contributed by atoms with Crippen molar-refractivity contribution in [3.05, 3.63) is 101 Å². The number of aryl methyl sites for hydroxylation is 1. The van der Waals surface area contributed by atoms with Crippen LogP contribution in [0.4, 0.5) is 10.1 Å². The number of para-hydroxylation sites is 1. The fourth-order valence-electron chi connectivity index (χ4n) is 4.21. The highest BCUT2D eigenvalue weighted by Crippen LogP contribution is 2.23. The zero-order chi connectivity index (χ0) is 28.6. The maximum Gasteiger partial charge on any atom is 0.244 e. The maximum atomic E-state index is 14.7. The van der Waals surface area contributed by atoms with E-state index in [-0.39, 0.29) is 30.6 Å². The van der Waals surface area contributed by atoms with E-state index in [2.05, 4.69) is 5.32 Å². The molecule has 9 heteroatoms. The van der Waals surface area contributed by atoms with Gasteiger partial charge in [-0.05, 0) is 49.1 Å². The van der Waals surface area contributed by atoms with E-state index in [0.29, 0.717) is 6.42 Å². The number of halogens is 1. The van der Waals surface area contributed by atoms with Crippen molar-refractivity contribution in [1.29, 1.82) is 0 Å². The van der Waals surface area contributed by atoms with Crippen molar-refractivity contribution in [3.8, 4) is 0 Å². The summed E-state index contributed by atoms with van der Waals surface area (Å²) in [7, 11) is -4.03. The van der Waals surface area contributed by atoms with E-state index >= 15 is 0 Å². The molecular formula is C30H36FN3O4S. The van der Waals surface area contributed by atoms with Crippen LogP contribution in [0.2, 0.25) is 0 Å². The Kier molecular flexibility index (Phi) is 10.2. The fraction of sp³-hybridized carbons (Fsp3) is 0.333. The molecule has 0 bridgehead atoms. The second-order valence-corrected chi connectivity index (χ2v) is 11.6. The summed E-state index contributed by atoms with van der Waals surface area (Å²) >= 11 is 0. The predicted molar refractivity (Wildman–Crippen MR) is 152 cm³/mol. The Balaban J connectivity index is 2.08. The van der Waals surface area contributed by atoms with Gasteiger partial charge in [-0.3, -0.25) is 13.9 Å². The lowest BCUT2D eigenvalue weighted by Gasteiger charge is -2.34. The van der Waals surface area contributed by atoms with Gasteiger partial charge in [0.15, 0.2) is 0 Å². The molecule has 0 fully saturated rings. The van der Waals surface area contributed by atoms with Crippen molar-refractivity contribution in [3.63, 3.8) is 0 Å². The first-order chi connectivity index (χ1) is 18.5. The average molecular weight is 554 g/mol. The first-order valence-corrected chi connectivity index (χ1v) is 14.8. The number of hydrogen-bond acceptors (Lipinski definition) is 4. The van der Waals surface area contributed by atoms with Gasteiger partial charge in [-0.15, -0.1) is 0 Å². The van der Waals surface area contributed by atoms with Crippen LogP contribution in [-0.4, -0.2) is 50.0 Å². The molecule has 2 atom stereocenters. The van der Waals surface area contributed by atoms with Gasteiger partial charge in [-0.2, -0.15) is 0 Å². The first-order valence-electron chi connectivity index (χ1n) is 12.9. The molecule has 3 rings (SSSR count).